The number of carbonyl (C=O) groups is 4. The Morgan fingerprint density at radius 1 is 1.03 bits per heavy atom. The molecule has 4 amide bonds. The molecule has 2 aliphatic rings. The lowest BCUT2D eigenvalue weighted by molar-refractivity contribution is -0.141. The molecule has 0 unspecified atom stereocenters. The monoisotopic (exact) mass is 543 g/mol. The Balaban J connectivity index is 1.46. The van der Waals surface area contributed by atoms with Gasteiger partial charge in [-0.2, -0.15) is 0 Å². The van der Waals surface area contributed by atoms with Crippen molar-refractivity contribution < 1.29 is 19.2 Å². The van der Waals surface area contributed by atoms with Crippen molar-refractivity contribution in [1.29, 1.82) is 0 Å². The number of benzene rings is 2. The molecule has 1 atom stereocenters. The highest BCUT2D eigenvalue weighted by atomic mass is 35.5. The highest BCUT2D eigenvalue weighted by molar-refractivity contribution is 6.42. The second-order valence-corrected chi connectivity index (χ2v) is 10.4. The third kappa shape index (κ3) is 6.16. The second-order valence-electron chi connectivity index (χ2n) is 9.60. The van der Waals surface area contributed by atoms with Gasteiger partial charge in [-0.1, -0.05) is 61.2 Å². The van der Waals surface area contributed by atoms with Gasteiger partial charge in [0, 0.05) is 25.6 Å². The molecule has 0 bridgehead atoms. The van der Waals surface area contributed by atoms with Crippen LogP contribution in [-0.4, -0.2) is 52.1 Å². The minimum absolute atomic E-state index is 0.0853. The van der Waals surface area contributed by atoms with E-state index in [0.29, 0.717) is 34.0 Å². The van der Waals surface area contributed by atoms with Crippen LogP contribution < -0.4 is 5.32 Å². The van der Waals surface area contributed by atoms with Crippen LogP contribution in [-0.2, 0) is 16.1 Å². The van der Waals surface area contributed by atoms with E-state index in [9.17, 15) is 19.2 Å². The number of imide groups is 1. The summed E-state index contributed by atoms with van der Waals surface area (Å²) in [5.74, 6) is -1.08. The van der Waals surface area contributed by atoms with E-state index in [2.05, 4.69) is 5.32 Å². The van der Waals surface area contributed by atoms with Crippen LogP contribution in [0, 0.1) is 0 Å². The van der Waals surface area contributed by atoms with E-state index >= 15 is 0 Å². The fourth-order valence-corrected chi connectivity index (χ4v) is 5.42. The van der Waals surface area contributed by atoms with E-state index in [1.165, 1.54) is 4.90 Å². The Morgan fingerprint density at radius 2 is 1.68 bits per heavy atom. The van der Waals surface area contributed by atoms with Gasteiger partial charge in [-0.15, -0.1) is 0 Å². The van der Waals surface area contributed by atoms with E-state index in [1.807, 2.05) is 6.92 Å². The minimum Gasteiger partial charge on any atom is -0.352 e. The third-order valence-electron chi connectivity index (χ3n) is 7.07. The molecule has 1 aliphatic carbocycles. The topological polar surface area (TPSA) is 86.8 Å². The van der Waals surface area contributed by atoms with Crippen molar-refractivity contribution in [3.8, 4) is 0 Å². The van der Waals surface area contributed by atoms with Gasteiger partial charge in [-0.3, -0.25) is 24.1 Å². The van der Waals surface area contributed by atoms with Gasteiger partial charge in [0.2, 0.25) is 11.8 Å². The SMILES string of the molecule is CC[C@@H](C(=O)NC1CCCC1)N(Cc1ccc(Cl)c(Cl)c1)C(=O)CCCN1C(=O)c2ccccc2C1=O. The number of hydrogen-bond donors (Lipinski definition) is 1. The molecule has 0 spiro atoms. The van der Waals surface area contributed by atoms with E-state index in [0.717, 1.165) is 31.2 Å². The number of hydrogen-bond acceptors (Lipinski definition) is 4. The summed E-state index contributed by atoms with van der Waals surface area (Å²) in [6.45, 7) is 2.20. The number of fused-ring (bicyclic) bond motifs is 1. The molecule has 1 N–H and O–H groups in total. The standard InChI is InChI=1S/C28H31Cl2N3O4/c1-2-24(26(35)31-19-8-3-4-9-19)33(17-18-13-14-22(29)23(30)16-18)25(34)12-7-15-32-27(36)20-10-5-6-11-21(20)28(32)37/h5-6,10-11,13-14,16,19,24H,2-4,7-9,12,15,17H2,1H3,(H,31,35)/t24-/m0/s1. The van der Waals surface area contributed by atoms with Gasteiger partial charge in [-0.25, -0.2) is 0 Å². The summed E-state index contributed by atoms with van der Waals surface area (Å²) in [7, 11) is 0. The van der Waals surface area contributed by atoms with Gasteiger partial charge in [0.1, 0.15) is 6.04 Å². The zero-order chi connectivity index (χ0) is 26.5. The van der Waals surface area contributed by atoms with Crippen LogP contribution in [0.3, 0.4) is 0 Å². The summed E-state index contributed by atoms with van der Waals surface area (Å²) in [5, 5.41) is 3.90. The van der Waals surface area contributed by atoms with Gasteiger partial charge < -0.3 is 10.2 Å². The Labute approximate surface area is 227 Å². The zero-order valence-corrected chi connectivity index (χ0v) is 22.4. The van der Waals surface area contributed by atoms with Crippen LogP contribution >= 0.6 is 23.2 Å². The van der Waals surface area contributed by atoms with Crippen LogP contribution in [0.5, 0.6) is 0 Å². The number of rotatable bonds is 10. The zero-order valence-electron chi connectivity index (χ0n) is 20.8. The molecule has 1 fully saturated rings. The predicted molar refractivity (Wildman–Crippen MR) is 143 cm³/mol. The first kappa shape index (κ1) is 27.1. The number of carbonyl (C=O) groups excluding carboxylic acids is 4. The average molecular weight is 544 g/mol. The van der Waals surface area contributed by atoms with Crippen molar-refractivity contribution in [2.24, 2.45) is 0 Å². The lowest BCUT2D eigenvalue weighted by Crippen LogP contribution is -2.51. The summed E-state index contributed by atoms with van der Waals surface area (Å²) in [6.07, 6.45) is 4.90. The van der Waals surface area contributed by atoms with E-state index in [4.69, 9.17) is 23.2 Å². The molecule has 37 heavy (non-hydrogen) atoms. The van der Waals surface area contributed by atoms with Crippen LogP contribution in [0.15, 0.2) is 42.5 Å². The highest BCUT2D eigenvalue weighted by Crippen LogP contribution is 2.26. The third-order valence-corrected chi connectivity index (χ3v) is 7.81. The summed E-state index contributed by atoms with van der Waals surface area (Å²) in [6, 6.07) is 11.4. The summed E-state index contributed by atoms with van der Waals surface area (Å²) >= 11 is 12.3. The first-order chi connectivity index (χ1) is 17.8. The van der Waals surface area contributed by atoms with Crippen molar-refractivity contribution in [3.05, 3.63) is 69.2 Å². The van der Waals surface area contributed by atoms with Gasteiger partial charge in [0.05, 0.1) is 21.2 Å². The molecule has 0 aromatic heterocycles. The molecule has 9 heteroatoms. The van der Waals surface area contributed by atoms with E-state index in [1.54, 1.807) is 47.4 Å². The molecule has 1 heterocycles. The maximum Gasteiger partial charge on any atom is 0.261 e. The highest BCUT2D eigenvalue weighted by Gasteiger charge is 2.35. The summed E-state index contributed by atoms with van der Waals surface area (Å²) in [4.78, 5) is 54.8. The van der Waals surface area contributed by atoms with Crippen LogP contribution in [0.4, 0.5) is 0 Å². The number of nitrogens with one attached hydrogen (secondary N) is 1. The van der Waals surface area contributed by atoms with Gasteiger partial charge in [0.15, 0.2) is 0 Å². The average Bonchev–Trinajstić information content (AvgIpc) is 3.48. The predicted octanol–water partition coefficient (Wildman–Crippen LogP) is 5.24. The molecule has 4 rings (SSSR count). The van der Waals surface area contributed by atoms with E-state index in [-0.39, 0.29) is 49.2 Å². The molecule has 7 nitrogen and oxygen atoms in total. The second kappa shape index (κ2) is 12.1. The first-order valence-corrected chi connectivity index (χ1v) is 13.5. The van der Waals surface area contributed by atoms with Crippen LogP contribution in [0.1, 0.15) is 78.1 Å². The lowest BCUT2D eigenvalue weighted by atomic mass is 10.1. The summed E-state index contributed by atoms with van der Waals surface area (Å²) < 4.78 is 0. The Bertz CT molecular complexity index is 1160. The van der Waals surface area contributed by atoms with Gasteiger partial charge in [0.25, 0.3) is 11.8 Å². The van der Waals surface area contributed by atoms with Crippen LogP contribution in [0.2, 0.25) is 10.0 Å². The van der Waals surface area contributed by atoms with Gasteiger partial charge in [-0.05, 0) is 55.5 Å². The first-order valence-electron chi connectivity index (χ1n) is 12.8. The molecular formula is C28H31Cl2N3O4. The Kier molecular flexibility index (Phi) is 8.87. The molecule has 2 aromatic carbocycles. The molecule has 1 aliphatic heterocycles. The molecular weight excluding hydrogens is 513 g/mol. The fraction of sp³-hybridized carbons (Fsp3) is 0.429. The normalized spacial score (nSPS) is 16.1. The minimum atomic E-state index is -0.651. The van der Waals surface area contributed by atoms with Crippen molar-refractivity contribution in [2.45, 2.75) is 70.5 Å². The van der Waals surface area contributed by atoms with Crippen molar-refractivity contribution >= 4 is 46.8 Å². The maximum absolute atomic E-state index is 13.5. The molecule has 0 radical (unpaired) electrons. The molecule has 0 saturated heterocycles. The molecule has 2 aromatic rings. The molecule has 196 valence electrons. The number of nitrogens with zero attached hydrogens (tertiary/aromatic N) is 2. The van der Waals surface area contributed by atoms with Crippen molar-refractivity contribution in [2.75, 3.05) is 6.54 Å². The fourth-order valence-electron chi connectivity index (χ4n) is 5.10. The Hall–Kier alpha value is -2.90. The Morgan fingerprint density at radius 3 is 2.27 bits per heavy atom. The smallest absolute Gasteiger partial charge is 0.261 e. The van der Waals surface area contributed by atoms with Gasteiger partial charge >= 0.3 is 0 Å². The molecule has 1 saturated carbocycles. The van der Waals surface area contributed by atoms with Crippen molar-refractivity contribution in [1.82, 2.24) is 15.1 Å². The number of halogens is 2. The largest absolute Gasteiger partial charge is 0.352 e. The maximum atomic E-state index is 13.5. The van der Waals surface area contributed by atoms with Crippen LogP contribution in [0.25, 0.3) is 0 Å². The lowest BCUT2D eigenvalue weighted by Gasteiger charge is -2.32. The summed E-state index contributed by atoms with van der Waals surface area (Å²) in [5.41, 5.74) is 1.53. The van der Waals surface area contributed by atoms with E-state index < -0.39 is 6.04 Å². The number of amides is 4. The quantitative estimate of drug-likeness (QED) is 0.415. The van der Waals surface area contributed by atoms with Crippen molar-refractivity contribution in [3.63, 3.8) is 0 Å².